The van der Waals surface area contributed by atoms with Gasteiger partial charge in [0.25, 0.3) is 11.6 Å². The molecule has 0 radical (unpaired) electrons. The Labute approximate surface area is 836 Å². The van der Waals surface area contributed by atoms with E-state index in [0.29, 0.717) is 0 Å². The van der Waals surface area contributed by atoms with Gasteiger partial charge in [-0.15, -0.1) is 0 Å². The number of ether oxygens (including phenoxy) is 21. The molecule has 66 heteroatoms. The van der Waals surface area contributed by atoms with Crippen molar-refractivity contribution in [3.05, 3.63) is 0 Å². The Kier molecular flexibility index (Phi) is 43.3. The first kappa shape index (κ1) is 122. The minimum Gasteiger partial charge on any atom is -0.477 e. The topological polar surface area (TPSA) is 1040 Å². The lowest BCUT2D eigenvalue weighted by Crippen LogP contribution is -2.71. The lowest BCUT2D eigenvalue weighted by atomic mass is 9.87. The van der Waals surface area contributed by atoms with Crippen molar-refractivity contribution >= 4 is 41.5 Å². The number of carbonyl (C=O) groups excluding carboxylic acids is 5. The van der Waals surface area contributed by atoms with Crippen molar-refractivity contribution in [3.63, 3.8) is 0 Å². The number of rotatable bonds is 41. The molecule has 11 aliphatic heterocycles. The van der Waals surface area contributed by atoms with Crippen molar-refractivity contribution in [1.82, 2.24) is 26.6 Å². The minimum atomic E-state index is -3.41. The van der Waals surface area contributed by atoms with Gasteiger partial charge in [-0.2, -0.15) is 0 Å². The van der Waals surface area contributed by atoms with E-state index in [1.807, 2.05) is 0 Å². The molecule has 11 fully saturated rings. The maximum Gasteiger partial charge on any atom is 0.364 e. The summed E-state index contributed by atoms with van der Waals surface area (Å²) in [7, 11) is 0. The molecule has 0 bridgehead atoms. The lowest BCUT2D eigenvalue weighted by Gasteiger charge is -2.51. The minimum absolute atomic E-state index is 0.823. The molecule has 11 rings (SSSR count). The number of aliphatic carboxylic acids is 2. The van der Waals surface area contributed by atoms with Crippen molar-refractivity contribution in [2.75, 3.05) is 66.1 Å². The molecule has 0 aromatic heterocycles. The van der Waals surface area contributed by atoms with Crippen LogP contribution >= 0.6 is 0 Å². The van der Waals surface area contributed by atoms with E-state index in [1.165, 1.54) is 6.92 Å². The Balaban J connectivity index is 0.866. The second-order valence-electron chi connectivity index (χ2n) is 37.4. The van der Waals surface area contributed by atoms with Gasteiger partial charge in [0.1, 0.15) is 250 Å². The molecule has 57 atom stereocenters. The Morgan fingerprint density at radius 2 is 0.635 bits per heavy atom. The van der Waals surface area contributed by atoms with Crippen LogP contribution in [0, 0.1) is 0 Å². The third-order valence-electron chi connectivity index (χ3n) is 26.9. The maximum atomic E-state index is 13.6. The van der Waals surface area contributed by atoms with Gasteiger partial charge in [0, 0.05) is 47.5 Å². The van der Waals surface area contributed by atoms with Crippen LogP contribution in [0.3, 0.4) is 0 Å². The highest BCUT2D eigenvalue weighted by atomic mass is 16.8. The molecular formula is C82H135N5O61. The highest BCUT2D eigenvalue weighted by Crippen LogP contribution is 2.44. The third kappa shape index (κ3) is 27.0. The molecule has 148 heavy (non-hydrogen) atoms. The molecule has 11 aliphatic rings. The number of carbonyl (C=O) groups is 7. The highest BCUT2D eigenvalue weighted by Gasteiger charge is 2.65. The normalized spacial score (nSPS) is 47.0. The molecule has 11 saturated heterocycles. The number of hydrogen-bond acceptors (Lipinski definition) is 59. The van der Waals surface area contributed by atoms with E-state index in [4.69, 9.17) is 99.5 Å². The van der Waals surface area contributed by atoms with E-state index in [0.717, 1.165) is 34.6 Å². The SMILES string of the molecule is CC(=O)N[C@@H]1[C@@H](O)[C@H](O[C@@H]2O[C@H](CO)[C@@H](O[C@@H]3O[C@H](CO[C@H]4O[C@H](CO)[C@@H](O)[C@H](O[C@H]5O[C@H](CO)[C@@H](O)[C@H](O)[C@@H]5O)[C@@H]4O)[C@@H](O)[C@H](O[C@H]4O[C@H](CO)[C@@H](O)[C@H](O)[C@@H]4O[C@@H]4O[C@H](CO)[C@@H](O[C@@H]5O[C@H](CO[C@]6(C(=O)O)C[C@H](O)[C@@H](NC(C)=O)[C@H]([C@H](O)[C@@H](CO)O[C@]7(C(=O)O)C[C@H](O)[C@@H](NC(C)=O)[C@H]([C@H](O)[C@H](O)CO)O7)O6)[C@H](O)[C@H](O)[C@H]5O)[C@H](O)[C@H]4NC(C)=O)[C@@H]3O)[C@H](O)[C@H]2NC(C)=O)[C@@H](CO[C@H]2O[C@H](C)[C@H](O)[C@H](O)[C@H]2O)O[C@@H]1O. The summed E-state index contributed by atoms with van der Waals surface area (Å²) >= 11 is 0. The number of nitrogens with one attached hydrogen (secondary N) is 5. The van der Waals surface area contributed by atoms with Crippen LogP contribution < -0.4 is 26.6 Å². The van der Waals surface area contributed by atoms with E-state index in [9.17, 15) is 202 Å². The van der Waals surface area contributed by atoms with Gasteiger partial charge in [-0.3, -0.25) is 24.0 Å². The average molecular weight is 2170 g/mol. The van der Waals surface area contributed by atoms with Crippen LogP contribution in [0.4, 0.5) is 0 Å². The first-order valence-electron chi connectivity index (χ1n) is 46.8. The number of hydrogen-bond donors (Lipinski definition) is 38. The largest absolute Gasteiger partial charge is 0.477 e. The van der Waals surface area contributed by atoms with Crippen molar-refractivity contribution in [3.8, 4) is 0 Å². The summed E-state index contributed by atoms with van der Waals surface area (Å²) in [5.41, 5.74) is 0. The van der Waals surface area contributed by atoms with Gasteiger partial charge in [-0.25, -0.2) is 9.59 Å². The van der Waals surface area contributed by atoms with Gasteiger partial charge in [0.15, 0.2) is 56.6 Å². The molecule has 0 spiro atoms. The Morgan fingerprint density at radius 1 is 0.304 bits per heavy atom. The van der Waals surface area contributed by atoms with Crippen molar-refractivity contribution < 1.29 is 302 Å². The molecule has 66 nitrogen and oxygen atoms in total. The second-order valence-corrected chi connectivity index (χ2v) is 37.4. The Morgan fingerprint density at radius 3 is 1.11 bits per heavy atom. The zero-order valence-electron chi connectivity index (χ0n) is 79.4. The van der Waals surface area contributed by atoms with Crippen molar-refractivity contribution in [2.45, 2.75) is 403 Å². The summed E-state index contributed by atoms with van der Waals surface area (Å²) in [6, 6.07) is -9.88. The molecule has 11 heterocycles. The fourth-order valence-corrected chi connectivity index (χ4v) is 19.0. The first-order chi connectivity index (χ1) is 69.6. The standard InChI is InChI=1S/C82H135N5O61/c1-19-42(103)53(114)57(118)73(131-19)129-17-36-64(50(111)39(70(123)132-36)85-22(4)97)140-71-40(86-23(5)98)51(112)63(33(15-94)136-71)142-77-61(122)68(49(110)34(138-77)16-128-74-60(121)67(47(108)30(12-91)133-74)143-75-58(119)54(115)44(105)28(10-89)134-75)144-78-69(56(117)45(106)29(11-90)135-78)145-72-41(87-24(6)99)52(113)62(32(14-93)137-72)141-76-59(120)55(116)46(107)35(139-76)18-130-81(79(124)125)7-25(100)38(84-21(3)96)66(147-81)48(109)31(13-92)146-82(80(126)127)8-26(101)37(83-20(2)95)65(148-82)43(104)27(102)9-88/h19,25-78,88-94,100-123H,7-18H2,1-6H3,(H,83,95)(H,84,96)(H,85,97)(H,86,98)(H,87,99)(H,124,125)(H,126,127)/t19-,25+,26+,27-,28-,29-,30-,31-,32-,33-,34-,35-,36-,37-,38-,39-,40-,41-,42+,43-,44-,45-,46+,47-,48-,49-,50-,51-,52-,53+,54+,55+,56+,57-,58+,59-,60+,61+,62-,63-,64-,65-,66-,67+,68+,69+,70+,71+,72+,73+,74+,75-,76+,77+,78-,81-,82-/m1/s1. The fourth-order valence-electron chi connectivity index (χ4n) is 19.0. The molecule has 0 aromatic rings. The number of aliphatic hydroxyl groups excluding tert-OH is 31. The predicted molar refractivity (Wildman–Crippen MR) is 453 cm³/mol. The number of amides is 5. The summed E-state index contributed by atoms with van der Waals surface area (Å²) in [4.78, 5) is 91.0. The molecule has 38 N–H and O–H groups in total. The van der Waals surface area contributed by atoms with E-state index >= 15 is 0 Å². The molecular weight excluding hydrogens is 2030 g/mol. The zero-order valence-corrected chi connectivity index (χ0v) is 79.4. The first-order valence-corrected chi connectivity index (χ1v) is 46.8. The van der Waals surface area contributed by atoms with Crippen LogP contribution in [0.1, 0.15) is 54.4 Å². The predicted octanol–water partition coefficient (Wildman–Crippen LogP) is -24.8. The monoisotopic (exact) mass is 2170 g/mol. The van der Waals surface area contributed by atoms with E-state index in [-0.39, 0.29) is 0 Å². The van der Waals surface area contributed by atoms with Crippen LogP contribution in [-0.2, 0) is 133 Å². The van der Waals surface area contributed by atoms with Gasteiger partial charge in [-0.1, -0.05) is 0 Å². The summed E-state index contributed by atoms with van der Waals surface area (Å²) in [6.07, 6.45) is -114. The average Bonchev–Trinajstić information content (AvgIpc) is 0.749. The van der Waals surface area contributed by atoms with Crippen LogP contribution in [0.25, 0.3) is 0 Å². The molecule has 0 unspecified atom stereocenters. The van der Waals surface area contributed by atoms with Crippen molar-refractivity contribution in [2.24, 2.45) is 0 Å². The summed E-state index contributed by atoms with van der Waals surface area (Å²) in [6.45, 7) is -6.72. The van der Waals surface area contributed by atoms with Crippen LogP contribution in [0.5, 0.6) is 0 Å². The molecule has 0 aliphatic carbocycles. The van der Waals surface area contributed by atoms with Crippen molar-refractivity contribution in [1.29, 1.82) is 0 Å². The Bertz CT molecular complexity index is 4260. The van der Waals surface area contributed by atoms with Gasteiger partial charge in [-0.05, 0) is 6.92 Å². The lowest BCUT2D eigenvalue weighted by molar-refractivity contribution is -0.398. The third-order valence-corrected chi connectivity index (χ3v) is 26.9. The molecule has 854 valence electrons. The number of carboxylic acid groups (broad SMARTS) is 2. The van der Waals surface area contributed by atoms with E-state index in [1.54, 1.807) is 0 Å². The van der Waals surface area contributed by atoms with Gasteiger partial charge in [0.2, 0.25) is 29.5 Å². The fraction of sp³-hybridized carbons (Fsp3) is 0.915. The van der Waals surface area contributed by atoms with E-state index in [2.05, 4.69) is 26.6 Å². The van der Waals surface area contributed by atoms with Crippen LogP contribution in [0.15, 0.2) is 0 Å². The van der Waals surface area contributed by atoms with Crippen LogP contribution in [0.2, 0.25) is 0 Å². The van der Waals surface area contributed by atoms with Gasteiger partial charge < -0.3 is 295 Å². The Hall–Kier alpha value is -5.79. The summed E-state index contributed by atoms with van der Waals surface area (Å²) < 4.78 is 123. The molecule has 0 aromatic carbocycles. The van der Waals surface area contributed by atoms with Gasteiger partial charge >= 0.3 is 11.9 Å². The molecule has 0 saturated carbocycles. The smallest absolute Gasteiger partial charge is 0.364 e. The van der Waals surface area contributed by atoms with Crippen LogP contribution in [-0.4, -0.2) is 625 Å². The second kappa shape index (κ2) is 52.4. The maximum absolute atomic E-state index is 13.6. The zero-order chi connectivity index (χ0) is 110. The highest BCUT2D eigenvalue weighted by molar-refractivity contribution is 5.78. The van der Waals surface area contributed by atoms with Gasteiger partial charge in [0.05, 0.1) is 96.5 Å². The number of aliphatic hydroxyl groups is 31. The quantitative estimate of drug-likeness (QED) is 0.0270. The summed E-state index contributed by atoms with van der Waals surface area (Å²) in [5.74, 6) is -16.2. The van der Waals surface area contributed by atoms with E-state index < -0.39 is 469 Å². The summed E-state index contributed by atoms with van der Waals surface area (Å²) in [5, 5.41) is 383. The molecule has 5 amide bonds. The number of carboxylic acids is 2.